The van der Waals surface area contributed by atoms with E-state index in [4.69, 9.17) is 14.2 Å². The third-order valence-corrected chi connectivity index (χ3v) is 5.00. The van der Waals surface area contributed by atoms with Crippen molar-refractivity contribution in [1.82, 2.24) is 0 Å². The number of aliphatic hydroxyl groups is 3. The Morgan fingerprint density at radius 1 is 1.04 bits per heavy atom. The van der Waals surface area contributed by atoms with Gasteiger partial charge < -0.3 is 29.5 Å². The SMILES string of the molecule is CCCCCCCCCOC1CO[C@]1(CO)[C@H]1OC[C@H](O)[C@H]1O. The molecule has 6 nitrogen and oxygen atoms in total. The molecule has 0 radical (unpaired) electrons. The summed E-state index contributed by atoms with van der Waals surface area (Å²) in [6.45, 7) is 2.99. The lowest BCUT2D eigenvalue weighted by Crippen LogP contribution is -2.70. The highest BCUT2D eigenvalue weighted by Gasteiger charge is 2.60. The van der Waals surface area contributed by atoms with Gasteiger partial charge in [0.05, 0.1) is 19.8 Å². The second-order valence-corrected chi connectivity index (χ2v) is 6.72. The van der Waals surface area contributed by atoms with Crippen molar-refractivity contribution < 1.29 is 29.5 Å². The minimum absolute atomic E-state index is 0.0570. The van der Waals surface area contributed by atoms with E-state index >= 15 is 0 Å². The van der Waals surface area contributed by atoms with Gasteiger partial charge in [-0.15, -0.1) is 0 Å². The molecule has 0 aromatic heterocycles. The van der Waals surface area contributed by atoms with Crippen LogP contribution in [0.15, 0.2) is 0 Å². The Morgan fingerprint density at radius 2 is 1.74 bits per heavy atom. The molecule has 3 N–H and O–H groups in total. The fourth-order valence-electron chi connectivity index (χ4n) is 3.37. The van der Waals surface area contributed by atoms with E-state index in [2.05, 4.69) is 6.92 Å². The summed E-state index contributed by atoms with van der Waals surface area (Å²) < 4.78 is 16.8. The fourth-order valence-corrected chi connectivity index (χ4v) is 3.37. The molecule has 0 aromatic rings. The van der Waals surface area contributed by atoms with E-state index in [1.807, 2.05) is 0 Å². The Bertz CT molecular complexity index is 335. The molecule has 2 saturated heterocycles. The van der Waals surface area contributed by atoms with Gasteiger partial charge in [0, 0.05) is 6.61 Å². The highest BCUT2D eigenvalue weighted by Crippen LogP contribution is 2.38. The largest absolute Gasteiger partial charge is 0.393 e. The third-order valence-electron chi connectivity index (χ3n) is 5.00. The lowest BCUT2D eigenvalue weighted by molar-refractivity contribution is -0.311. The maximum atomic E-state index is 10.00. The predicted octanol–water partition coefficient (Wildman–Crippen LogP) is 1.00. The first-order chi connectivity index (χ1) is 11.2. The molecule has 0 bridgehead atoms. The van der Waals surface area contributed by atoms with Crippen molar-refractivity contribution in [2.75, 3.05) is 26.4 Å². The van der Waals surface area contributed by atoms with Gasteiger partial charge in [0.25, 0.3) is 0 Å². The molecule has 2 heterocycles. The Morgan fingerprint density at radius 3 is 2.26 bits per heavy atom. The lowest BCUT2D eigenvalue weighted by atomic mass is 9.83. The predicted molar refractivity (Wildman–Crippen MR) is 85.3 cm³/mol. The molecule has 2 fully saturated rings. The molecule has 0 aliphatic carbocycles. The summed E-state index contributed by atoms with van der Waals surface area (Å²) in [7, 11) is 0. The molecule has 0 spiro atoms. The summed E-state index contributed by atoms with van der Waals surface area (Å²) in [5.41, 5.74) is -1.04. The van der Waals surface area contributed by atoms with Gasteiger partial charge in [-0.25, -0.2) is 0 Å². The van der Waals surface area contributed by atoms with Gasteiger partial charge in [0.1, 0.15) is 30.0 Å². The molecule has 2 aliphatic rings. The molecule has 2 rings (SSSR count). The van der Waals surface area contributed by atoms with Gasteiger partial charge in [0.15, 0.2) is 0 Å². The van der Waals surface area contributed by atoms with E-state index in [0.29, 0.717) is 13.2 Å². The van der Waals surface area contributed by atoms with Crippen molar-refractivity contribution in [2.45, 2.75) is 81.9 Å². The van der Waals surface area contributed by atoms with Crippen LogP contribution in [0.4, 0.5) is 0 Å². The molecular formula is C17H32O6. The first-order valence-corrected chi connectivity index (χ1v) is 9.00. The molecular weight excluding hydrogens is 300 g/mol. The normalized spacial score (nSPS) is 37.0. The molecule has 23 heavy (non-hydrogen) atoms. The second-order valence-electron chi connectivity index (χ2n) is 6.72. The van der Waals surface area contributed by atoms with E-state index in [1.165, 1.54) is 32.1 Å². The maximum absolute atomic E-state index is 10.00. The summed E-state index contributed by atoms with van der Waals surface area (Å²) in [5.74, 6) is 0. The molecule has 0 amide bonds. The number of aliphatic hydroxyl groups excluding tert-OH is 3. The van der Waals surface area contributed by atoms with Crippen LogP contribution in [0.2, 0.25) is 0 Å². The van der Waals surface area contributed by atoms with Crippen LogP contribution >= 0.6 is 0 Å². The molecule has 6 heteroatoms. The summed E-state index contributed by atoms with van der Waals surface area (Å²) >= 11 is 0. The minimum Gasteiger partial charge on any atom is -0.393 e. The van der Waals surface area contributed by atoms with Crippen LogP contribution < -0.4 is 0 Å². The van der Waals surface area contributed by atoms with Gasteiger partial charge in [-0.2, -0.15) is 0 Å². The van der Waals surface area contributed by atoms with Crippen LogP contribution in [0.5, 0.6) is 0 Å². The summed E-state index contributed by atoms with van der Waals surface area (Å²) in [6.07, 6.45) is 5.50. The van der Waals surface area contributed by atoms with E-state index in [-0.39, 0.29) is 19.3 Å². The topological polar surface area (TPSA) is 88.4 Å². The zero-order valence-electron chi connectivity index (χ0n) is 14.2. The van der Waals surface area contributed by atoms with Gasteiger partial charge >= 0.3 is 0 Å². The van der Waals surface area contributed by atoms with Crippen molar-refractivity contribution in [3.05, 3.63) is 0 Å². The number of rotatable bonds is 11. The average molecular weight is 332 g/mol. The summed E-state index contributed by atoms with van der Waals surface area (Å²) in [6, 6.07) is 0. The van der Waals surface area contributed by atoms with Crippen molar-refractivity contribution in [3.63, 3.8) is 0 Å². The number of unbranched alkanes of at least 4 members (excludes halogenated alkanes) is 6. The Hall–Kier alpha value is -0.240. The monoisotopic (exact) mass is 332 g/mol. The van der Waals surface area contributed by atoms with E-state index in [1.54, 1.807) is 0 Å². The maximum Gasteiger partial charge on any atom is 0.148 e. The van der Waals surface area contributed by atoms with Crippen LogP contribution in [-0.4, -0.2) is 71.8 Å². The zero-order valence-corrected chi connectivity index (χ0v) is 14.2. The Labute approximate surface area is 138 Å². The van der Waals surface area contributed by atoms with Crippen LogP contribution in [0.3, 0.4) is 0 Å². The second kappa shape index (κ2) is 9.30. The summed E-state index contributed by atoms with van der Waals surface area (Å²) in [5, 5.41) is 29.3. The Balaban J connectivity index is 1.67. The summed E-state index contributed by atoms with van der Waals surface area (Å²) in [4.78, 5) is 0. The zero-order chi connectivity index (χ0) is 16.7. The highest BCUT2D eigenvalue weighted by atomic mass is 16.6. The molecule has 2 aliphatic heterocycles. The van der Waals surface area contributed by atoms with E-state index in [0.717, 1.165) is 12.8 Å². The van der Waals surface area contributed by atoms with E-state index in [9.17, 15) is 15.3 Å². The third kappa shape index (κ3) is 4.44. The first-order valence-electron chi connectivity index (χ1n) is 9.00. The standard InChI is InChI=1S/C17H32O6/c1-2-3-4-5-6-7-8-9-21-14-11-23-17(14,12-18)16-15(20)13(19)10-22-16/h13-16,18-20H,2-12H2,1H3/t13-,14?,15+,16-,17-/m0/s1. The highest BCUT2D eigenvalue weighted by molar-refractivity contribution is 5.08. The molecule has 5 atom stereocenters. The Kier molecular flexibility index (Phi) is 7.72. The van der Waals surface area contributed by atoms with E-state index < -0.39 is 23.9 Å². The molecule has 136 valence electrons. The van der Waals surface area contributed by atoms with Crippen molar-refractivity contribution in [3.8, 4) is 0 Å². The number of ether oxygens (including phenoxy) is 3. The lowest BCUT2D eigenvalue weighted by Gasteiger charge is -2.51. The molecule has 0 saturated carbocycles. The molecule has 1 unspecified atom stereocenters. The van der Waals surface area contributed by atoms with Crippen LogP contribution in [0.25, 0.3) is 0 Å². The van der Waals surface area contributed by atoms with Crippen molar-refractivity contribution in [2.24, 2.45) is 0 Å². The number of hydrogen-bond acceptors (Lipinski definition) is 6. The smallest absolute Gasteiger partial charge is 0.148 e. The van der Waals surface area contributed by atoms with Gasteiger partial charge in [-0.1, -0.05) is 45.4 Å². The molecule has 0 aromatic carbocycles. The van der Waals surface area contributed by atoms with Gasteiger partial charge in [-0.05, 0) is 6.42 Å². The van der Waals surface area contributed by atoms with Crippen LogP contribution in [0.1, 0.15) is 51.9 Å². The number of hydrogen-bond donors (Lipinski definition) is 3. The van der Waals surface area contributed by atoms with Crippen molar-refractivity contribution in [1.29, 1.82) is 0 Å². The fraction of sp³-hybridized carbons (Fsp3) is 1.00. The van der Waals surface area contributed by atoms with Crippen LogP contribution in [-0.2, 0) is 14.2 Å². The first kappa shape index (κ1) is 19.1. The van der Waals surface area contributed by atoms with Crippen molar-refractivity contribution >= 4 is 0 Å². The minimum atomic E-state index is -1.05. The quantitative estimate of drug-likeness (QED) is 0.489. The van der Waals surface area contributed by atoms with Gasteiger partial charge in [0.2, 0.25) is 0 Å². The average Bonchev–Trinajstić information content (AvgIpc) is 2.86. The van der Waals surface area contributed by atoms with Gasteiger partial charge in [-0.3, -0.25) is 0 Å². The van der Waals surface area contributed by atoms with Crippen LogP contribution in [0, 0.1) is 0 Å².